The van der Waals surface area contributed by atoms with Crippen LogP contribution in [-0.2, 0) is 17.9 Å². The summed E-state index contributed by atoms with van der Waals surface area (Å²) < 4.78 is 6.89. The number of furan rings is 1. The lowest BCUT2D eigenvalue weighted by Gasteiger charge is -2.07. The Kier molecular flexibility index (Phi) is 4.46. The third-order valence-electron chi connectivity index (χ3n) is 4.07. The minimum Gasteiger partial charge on any atom is -0.443 e. The summed E-state index contributed by atoms with van der Waals surface area (Å²) in [4.78, 5) is 28.6. The second-order valence-electron chi connectivity index (χ2n) is 5.72. The number of hydrogen-bond donors (Lipinski definition) is 1. The second-order valence-corrected chi connectivity index (χ2v) is 5.72. The quantitative estimate of drug-likeness (QED) is 0.781. The largest absolute Gasteiger partial charge is 0.443 e. The number of aromatic nitrogens is 2. The maximum atomic E-state index is 12.5. The smallest absolute Gasteiger partial charge is 0.264 e. The highest BCUT2D eigenvalue weighted by Crippen LogP contribution is 2.19. The molecular weight excluding hydrogens is 306 g/mol. The van der Waals surface area contributed by atoms with E-state index in [0.29, 0.717) is 23.4 Å². The Morgan fingerprint density at radius 3 is 2.75 bits per heavy atom. The van der Waals surface area contributed by atoms with E-state index < -0.39 is 0 Å². The molecule has 6 nitrogen and oxygen atoms in total. The molecule has 0 bridgehead atoms. The van der Waals surface area contributed by atoms with Crippen LogP contribution in [0.3, 0.4) is 0 Å². The molecule has 0 spiro atoms. The van der Waals surface area contributed by atoms with Gasteiger partial charge in [-0.3, -0.25) is 14.2 Å². The Labute approximate surface area is 139 Å². The normalized spacial score (nSPS) is 10.9. The van der Waals surface area contributed by atoms with Gasteiger partial charge in [-0.15, -0.1) is 0 Å². The highest BCUT2D eigenvalue weighted by atomic mass is 16.3. The maximum absolute atomic E-state index is 12.5. The predicted octanol–water partition coefficient (Wildman–Crippen LogP) is 2.31. The molecule has 0 fully saturated rings. The summed E-state index contributed by atoms with van der Waals surface area (Å²) in [6.45, 7) is 4.40. The average Bonchev–Trinajstić information content (AvgIpc) is 2.88. The first kappa shape index (κ1) is 16.0. The van der Waals surface area contributed by atoms with E-state index in [1.54, 1.807) is 6.92 Å². The van der Waals surface area contributed by atoms with Crippen molar-refractivity contribution in [3.63, 3.8) is 0 Å². The van der Waals surface area contributed by atoms with Crippen molar-refractivity contribution in [1.82, 2.24) is 14.9 Å². The van der Waals surface area contributed by atoms with Gasteiger partial charge in [-0.25, -0.2) is 4.98 Å². The van der Waals surface area contributed by atoms with Gasteiger partial charge in [0.1, 0.15) is 17.5 Å². The van der Waals surface area contributed by atoms with Crippen LogP contribution in [-0.4, -0.2) is 15.5 Å². The molecule has 0 saturated heterocycles. The van der Waals surface area contributed by atoms with Gasteiger partial charge < -0.3 is 9.73 Å². The van der Waals surface area contributed by atoms with E-state index in [0.717, 1.165) is 11.1 Å². The molecule has 0 aliphatic carbocycles. The third kappa shape index (κ3) is 3.22. The van der Waals surface area contributed by atoms with Gasteiger partial charge >= 0.3 is 0 Å². The Hall–Kier alpha value is -2.89. The van der Waals surface area contributed by atoms with E-state index in [1.165, 1.54) is 10.9 Å². The third-order valence-corrected chi connectivity index (χ3v) is 4.07. The lowest BCUT2D eigenvalue weighted by Crippen LogP contribution is -2.27. The number of rotatable bonds is 5. The molecule has 3 aromatic rings. The lowest BCUT2D eigenvalue weighted by molar-refractivity contribution is -0.121. The first-order valence-electron chi connectivity index (χ1n) is 7.82. The number of carbonyl (C=O) groups is 1. The van der Waals surface area contributed by atoms with Gasteiger partial charge in [0.15, 0.2) is 0 Å². The van der Waals surface area contributed by atoms with Crippen molar-refractivity contribution in [3.8, 4) is 0 Å². The number of carbonyl (C=O) groups excluding carboxylic acids is 1. The molecule has 3 rings (SSSR count). The van der Waals surface area contributed by atoms with Crippen molar-refractivity contribution in [2.75, 3.05) is 0 Å². The number of nitrogens with zero attached hydrogens (tertiary/aromatic N) is 2. The molecule has 124 valence electrons. The first-order valence-corrected chi connectivity index (χ1v) is 7.82. The molecule has 0 saturated carbocycles. The lowest BCUT2D eigenvalue weighted by atomic mass is 10.2. The van der Waals surface area contributed by atoms with Crippen molar-refractivity contribution in [2.45, 2.75) is 33.4 Å². The van der Waals surface area contributed by atoms with Gasteiger partial charge in [-0.05, 0) is 19.4 Å². The molecule has 2 aromatic heterocycles. The molecule has 2 heterocycles. The molecule has 0 atom stereocenters. The van der Waals surface area contributed by atoms with E-state index in [2.05, 4.69) is 10.3 Å². The zero-order chi connectivity index (χ0) is 17.1. The maximum Gasteiger partial charge on any atom is 0.264 e. The zero-order valence-corrected chi connectivity index (χ0v) is 13.7. The standard InChI is InChI=1S/C18H19N3O3/c1-12-13(2)24-17-16(12)18(23)21(11-20-17)9-8-15(22)19-10-14-6-4-3-5-7-14/h3-7,11H,8-10H2,1-2H3,(H,19,22). The summed E-state index contributed by atoms with van der Waals surface area (Å²) in [5, 5.41) is 3.33. The number of amides is 1. The van der Waals surface area contributed by atoms with Crippen LogP contribution in [0.1, 0.15) is 23.3 Å². The average molecular weight is 325 g/mol. The molecule has 6 heteroatoms. The van der Waals surface area contributed by atoms with Crippen molar-refractivity contribution in [1.29, 1.82) is 0 Å². The predicted molar refractivity (Wildman–Crippen MR) is 90.6 cm³/mol. The molecule has 1 aromatic carbocycles. The van der Waals surface area contributed by atoms with Crippen LogP contribution in [0.4, 0.5) is 0 Å². The SMILES string of the molecule is Cc1oc2ncn(CCC(=O)NCc3ccccc3)c(=O)c2c1C. The number of nitrogens with one attached hydrogen (secondary N) is 1. The van der Waals surface area contributed by atoms with E-state index >= 15 is 0 Å². The Bertz CT molecular complexity index is 926. The van der Waals surface area contributed by atoms with Gasteiger partial charge in [0, 0.05) is 25.1 Å². The van der Waals surface area contributed by atoms with Crippen molar-refractivity contribution in [3.05, 3.63) is 63.9 Å². The number of hydrogen-bond acceptors (Lipinski definition) is 4. The summed E-state index contributed by atoms with van der Waals surface area (Å²) in [5.74, 6) is 0.582. The summed E-state index contributed by atoms with van der Waals surface area (Å²) in [6.07, 6.45) is 1.65. The number of benzene rings is 1. The summed E-state index contributed by atoms with van der Waals surface area (Å²) in [7, 11) is 0. The van der Waals surface area contributed by atoms with E-state index in [4.69, 9.17) is 4.42 Å². The number of aryl methyl sites for hydroxylation is 3. The van der Waals surface area contributed by atoms with Crippen molar-refractivity contribution >= 4 is 17.0 Å². The molecule has 0 radical (unpaired) electrons. The fraction of sp³-hybridized carbons (Fsp3) is 0.278. The van der Waals surface area contributed by atoms with Crippen LogP contribution in [0, 0.1) is 13.8 Å². The van der Waals surface area contributed by atoms with E-state index in [1.807, 2.05) is 37.3 Å². The molecule has 0 aliphatic rings. The van der Waals surface area contributed by atoms with Crippen LogP contribution in [0.5, 0.6) is 0 Å². The van der Waals surface area contributed by atoms with Crippen molar-refractivity contribution < 1.29 is 9.21 Å². The summed E-state index contributed by atoms with van der Waals surface area (Å²) >= 11 is 0. The van der Waals surface area contributed by atoms with Crippen LogP contribution >= 0.6 is 0 Å². The van der Waals surface area contributed by atoms with E-state index in [-0.39, 0.29) is 24.4 Å². The Balaban J connectivity index is 1.65. The number of fused-ring (bicyclic) bond motifs is 1. The zero-order valence-electron chi connectivity index (χ0n) is 13.7. The monoisotopic (exact) mass is 325 g/mol. The first-order chi connectivity index (χ1) is 11.6. The Morgan fingerprint density at radius 1 is 1.25 bits per heavy atom. The molecule has 1 amide bonds. The van der Waals surface area contributed by atoms with Gasteiger partial charge in [-0.2, -0.15) is 0 Å². The molecule has 1 N–H and O–H groups in total. The highest BCUT2D eigenvalue weighted by molar-refractivity contribution is 5.77. The molecule has 0 aliphatic heterocycles. The Morgan fingerprint density at radius 2 is 2.00 bits per heavy atom. The second kappa shape index (κ2) is 6.70. The van der Waals surface area contributed by atoms with Gasteiger partial charge in [0.05, 0.1) is 0 Å². The van der Waals surface area contributed by atoms with Crippen LogP contribution in [0.25, 0.3) is 11.1 Å². The molecule has 24 heavy (non-hydrogen) atoms. The topological polar surface area (TPSA) is 77.1 Å². The van der Waals surface area contributed by atoms with E-state index in [9.17, 15) is 9.59 Å². The van der Waals surface area contributed by atoms with Gasteiger partial charge in [-0.1, -0.05) is 30.3 Å². The highest BCUT2D eigenvalue weighted by Gasteiger charge is 2.14. The minimum atomic E-state index is -0.176. The van der Waals surface area contributed by atoms with Gasteiger partial charge in [0.2, 0.25) is 11.6 Å². The van der Waals surface area contributed by atoms with Crippen LogP contribution in [0.15, 0.2) is 45.9 Å². The fourth-order valence-electron chi connectivity index (χ4n) is 2.54. The summed E-state index contributed by atoms with van der Waals surface area (Å²) in [6, 6.07) is 9.69. The fourth-order valence-corrected chi connectivity index (χ4v) is 2.54. The summed E-state index contributed by atoms with van der Waals surface area (Å²) in [5.41, 5.74) is 2.01. The van der Waals surface area contributed by atoms with Crippen LogP contribution < -0.4 is 10.9 Å². The molecule has 0 unspecified atom stereocenters. The van der Waals surface area contributed by atoms with Gasteiger partial charge in [0.25, 0.3) is 5.56 Å². The van der Waals surface area contributed by atoms with Crippen LogP contribution in [0.2, 0.25) is 0 Å². The minimum absolute atomic E-state index is 0.106. The van der Waals surface area contributed by atoms with Crippen molar-refractivity contribution in [2.24, 2.45) is 0 Å². The molecular formula is C18H19N3O3.